The second-order valence-electron chi connectivity index (χ2n) is 8.69. The molecular weight excluding hydrogens is 442 g/mol. The summed E-state index contributed by atoms with van der Waals surface area (Å²) >= 11 is 0. The maximum atomic E-state index is 14.0. The molecule has 0 radical (unpaired) electrons. The summed E-state index contributed by atoms with van der Waals surface area (Å²) in [6, 6.07) is 20.1. The Morgan fingerprint density at radius 2 is 1.66 bits per heavy atom. The lowest BCUT2D eigenvalue weighted by Crippen LogP contribution is -2.44. The van der Waals surface area contributed by atoms with E-state index >= 15 is 0 Å². The average molecular weight is 470 g/mol. The molecule has 2 amide bonds. The number of methoxy groups -OCH3 is 2. The Balaban J connectivity index is 1.65. The largest absolute Gasteiger partial charge is 0.497 e. The van der Waals surface area contributed by atoms with Gasteiger partial charge in [0, 0.05) is 48.4 Å². The van der Waals surface area contributed by atoms with E-state index in [1.54, 1.807) is 50.4 Å². The Labute approximate surface area is 203 Å². The summed E-state index contributed by atoms with van der Waals surface area (Å²) in [6.07, 6.45) is 2.02. The Hall–Kier alpha value is -4.26. The molecule has 0 spiro atoms. The first-order valence-corrected chi connectivity index (χ1v) is 11.4. The molecule has 0 fully saturated rings. The van der Waals surface area contributed by atoms with Gasteiger partial charge >= 0.3 is 0 Å². The van der Waals surface area contributed by atoms with Crippen LogP contribution in [0.15, 0.2) is 72.9 Å². The number of anilines is 1. The third-order valence-corrected chi connectivity index (χ3v) is 6.78. The van der Waals surface area contributed by atoms with Gasteiger partial charge in [-0.15, -0.1) is 0 Å². The number of nitrogens with zero attached hydrogens (tertiary/aromatic N) is 2. The fourth-order valence-electron chi connectivity index (χ4n) is 5.07. The SMILES string of the molecule is COc1ccc(NC(=O)[C@H]2c3ccccc3C(=O)N(C)[C@@H]2c2cn(C)c3ccccc23)c(OC)c1. The summed E-state index contributed by atoms with van der Waals surface area (Å²) < 4.78 is 12.8. The maximum Gasteiger partial charge on any atom is 0.254 e. The molecule has 2 heterocycles. The van der Waals surface area contributed by atoms with Crippen molar-refractivity contribution in [3.05, 3.63) is 89.6 Å². The molecule has 3 aromatic carbocycles. The van der Waals surface area contributed by atoms with Crippen LogP contribution in [0.4, 0.5) is 5.69 Å². The smallest absolute Gasteiger partial charge is 0.254 e. The van der Waals surface area contributed by atoms with Gasteiger partial charge in [-0.05, 0) is 29.8 Å². The monoisotopic (exact) mass is 469 g/mol. The van der Waals surface area contributed by atoms with Crippen LogP contribution in [0.3, 0.4) is 0 Å². The van der Waals surface area contributed by atoms with Crippen molar-refractivity contribution in [2.45, 2.75) is 12.0 Å². The number of aryl methyl sites for hydroxylation is 1. The quantitative estimate of drug-likeness (QED) is 0.458. The van der Waals surface area contributed by atoms with Crippen LogP contribution >= 0.6 is 0 Å². The zero-order chi connectivity index (χ0) is 24.7. The summed E-state index contributed by atoms with van der Waals surface area (Å²) in [6.45, 7) is 0. The number of hydrogen-bond acceptors (Lipinski definition) is 4. The van der Waals surface area contributed by atoms with Crippen LogP contribution in [0.5, 0.6) is 11.5 Å². The van der Waals surface area contributed by atoms with Crippen molar-refractivity contribution in [3.63, 3.8) is 0 Å². The molecule has 1 N–H and O–H groups in total. The van der Waals surface area contributed by atoms with Crippen LogP contribution in [0.1, 0.15) is 33.4 Å². The van der Waals surface area contributed by atoms with E-state index in [1.165, 1.54) is 0 Å². The fourth-order valence-corrected chi connectivity index (χ4v) is 5.07. The maximum absolute atomic E-state index is 14.0. The van der Waals surface area contributed by atoms with Crippen LogP contribution < -0.4 is 14.8 Å². The standard InChI is InChI=1S/C28H27N3O4/c1-30-16-21(18-9-7-8-12-23(18)30)26-25(19-10-5-6-11-20(19)28(33)31(26)2)27(32)29-22-14-13-17(34-3)15-24(22)35-4/h5-16,25-26H,1-4H3,(H,29,32)/t25-,26+/m0/s1. The molecule has 0 aliphatic carbocycles. The molecule has 7 heteroatoms. The van der Waals surface area contributed by atoms with Crippen LogP contribution in [-0.2, 0) is 11.8 Å². The summed E-state index contributed by atoms with van der Waals surface area (Å²) in [5.74, 6) is 0.157. The Morgan fingerprint density at radius 3 is 2.43 bits per heavy atom. The summed E-state index contributed by atoms with van der Waals surface area (Å²) in [7, 11) is 6.86. The summed E-state index contributed by atoms with van der Waals surface area (Å²) in [4.78, 5) is 29.1. The molecule has 7 nitrogen and oxygen atoms in total. The van der Waals surface area contributed by atoms with E-state index in [9.17, 15) is 9.59 Å². The van der Waals surface area contributed by atoms with E-state index in [0.717, 1.165) is 16.5 Å². The van der Waals surface area contributed by atoms with Gasteiger partial charge in [-0.3, -0.25) is 9.59 Å². The van der Waals surface area contributed by atoms with Crippen LogP contribution in [-0.4, -0.2) is 42.5 Å². The first-order chi connectivity index (χ1) is 16.9. The molecule has 0 saturated heterocycles. The predicted octanol–water partition coefficient (Wildman–Crippen LogP) is 4.74. The Bertz CT molecular complexity index is 1440. The number of likely N-dealkylation sites (N-methyl/N-ethyl adjacent to an activating group) is 1. The minimum atomic E-state index is -0.633. The number of ether oxygens (including phenoxy) is 2. The van der Waals surface area contributed by atoms with E-state index < -0.39 is 12.0 Å². The van der Waals surface area contributed by atoms with Gasteiger partial charge in [0.1, 0.15) is 11.5 Å². The van der Waals surface area contributed by atoms with Crippen LogP contribution in [0.25, 0.3) is 10.9 Å². The van der Waals surface area contributed by atoms with Gasteiger partial charge in [0.25, 0.3) is 5.91 Å². The molecule has 178 valence electrons. The number of amides is 2. The van der Waals surface area contributed by atoms with Gasteiger partial charge in [0.05, 0.1) is 31.9 Å². The fraction of sp³-hybridized carbons (Fsp3) is 0.214. The van der Waals surface area contributed by atoms with E-state index in [4.69, 9.17) is 9.47 Å². The Morgan fingerprint density at radius 1 is 0.914 bits per heavy atom. The zero-order valence-corrected chi connectivity index (χ0v) is 20.1. The lowest BCUT2D eigenvalue weighted by Gasteiger charge is -2.39. The van der Waals surface area contributed by atoms with Crippen molar-refractivity contribution >= 4 is 28.4 Å². The highest BCUT2D eigenvalue weighted by Crippen LogP contribution is 2.45. The number of carbonyl (C=O) groups is 2. The minimum Gasteiger partial charge on any atom is -0.497 e. The van der Waals surface area contributed by atoms with Crippen molar-refractivity contribution in [1.29, 1.82) is 0 Å². The zero-order valence-electron chi connectivity index (χ0n) is 20.1. The molecule has 1 aromatic heterocycles. The molecule has 0 saturated carbocycles. The third-order valence-electron chi connectivity index (χ3n) is 6.78. The lowest BCUT2D eigenvalue weighted by molar-refractivity contribution is -0.119. The Kier molecular flexibility index (Phi) is 5.68. The van der Waals surface area contributed by atoms with Crippen LogP contribution in [0.2, 0.25) is 0 Å². The average Bonchev–Trinajstić information content (AvgIpc) is 3.22. The van der Waals surface area contributed by atoms with Crippen molar-refractivity contribution < 1.29 is 19.1 Å². The lowest BCUT2D eigenvalue weighted by atomic mass is 9.79. The third kappa shape index (κ3) is 3.69. The molecule has 4 aromatic rings. The van der Waals surface area contributed by atoms with E-state index in [1.807, 2.05) is 60.3 Å². The number of aromatic nitrogens is 1. The van der Waals surface area contributed by atoms with E-state index in [2.05, 4.69) is 5.32 Å². The van der Waals surface area contributed by atoms with Crippen molar-refractivity contribution in [1.82, 2.24) is 9.47 Å². The number of carbonyl (C=O) groups excluding carboxylic acids is 2. The minimum absolute atomic E-state index is 0.107. The van der Waals surface area contributed by atoms with Crippen molar-refractivity contribution in [2.24, 2.45) is 7.05 Å². The number of hydrogen-bond donors (Lipinski definition) is 1. The van der Waals surface area contributed by atoms with Gasteiger partial charge in [0.15, 0.2) is 0 Å². The second kappa shape index (κ2) is 8.83. The molecule has 0 unspecified atom stereocenters. The molecule has 0 bridgehead atoms. The van der Waals surface area contributed by atoms with E-state index in [0.29, 0.717) is 28.3 Å². The van der Waals surface area contributed by atoms with Gasteiger partial charge < -0.3 is 24.3 Å². The number of nitrogens with one attached hydrogen (secondary N) is 1. The van der Waals surface area contributed by atoms with Gasteiger partial charge in [-0.25, -0.2) is 0 Å². The van der Waals surface area contributed by atoms with Crippen molar-refractivity contribution in [2.75, 3.05) is 26.6 Å². The number of benzene rings is 3. The molecule has 2 atom stereocenters. The normalized spacial score (nSPS) is 17.3. The van der Waals surface area contributed by atoms with Gasteiger partial charge in [-0.2, -0.15) is 0 Å². The first kappa shape index (κ1) is 22.5. The highest BCUT2D eigenvalue weighted by Gasteiger charge is 2.43. The molecule has 1 aliphatic heterocycles. The number of fused-ring (bicyclic) bond motifs is 2. The van der Waals surface area contributed by atoms with E-state index in [-0.39, 0.29) is 11.8 Å². The number of para-hydroxylation sites is 1. The van der Waals surface area contributed by atoms with Crippen LogP contribution in [0, 0.1) is 0 Å². The van der Waals surface area contributed by atoms with Gasteiger partial charge in [-0.1, -0.05) is 36.4 Å². The summed E-state index contributed by atoms with van der Waals surface area (Å²) in [5, 5.41) is 4.06. The topological polar surface area (TPSA) is 72.8 Å². The molecule has 1 aliphatic rings. The summed E-state index contributed by atoms with van der Waals surface area (Å²) in [5.41, 5.74) is 3.74. The highest BCUT2D eigenvalue weighted by molar-refractivity contribution is 6.05. The molecule has 35 heavy (non-hydrogen) atoms. The van der Waals surface area contributed by atoms with Gasteiger partial charge in [0.2, 0.25) is 5.91 Å². The highest BCUT2D eigenvalue weighted by atomic mass is 16.5. The molecular formula is C28H27N3O4. The molecule has 5 rings (SSSR count). The number of rotatable bonds is 5. The first-order valence-electron chi connectivity index (χ1n) is 11.4. The predicted molar refractivity (Wildman–Crippen MR) is 135 cm³/mol. The second-order valence-corrected chi connectivity index (χ2v) is 8.69. The van der Waals surface area contributed by atoms with Crippen molar-refractivity contribution in [3.8, 4) is 11.5 Å².